The highest BCUT2D eigenvalue weighted by Gasteiger charge is 1.95. The topological polar surface area (TPSA) is 38.7 Å². The zero-order valence-corrected chi connectivity index (χ0v) is 4.20. The lowest BCUT2D eigenvalue weighted by Gasteiger charge is -1.87. The minimum Gasteiger partial charge on any atom is -0.427 e. The van der Waals surface area contributed by atoms with Gasteiger partial charge in [0.15, 0.2) is 0 Å². The van der Waals surface area contributed by atoms with E-state index in [2.05, 4.69) is 9.73 Å². The lowest BCUT2D eigenvalue weighted by molar-refractivity contribution is -0.124. The number of aliphatic imine (C=N–C) groups is 1. The summed E-state index contributed by atoms with van der Waals surface area (Å²) in [5.74, 6) is 0.542. The number of nitrogens with zero attached hydrogens (tertiary/aromatic N) is 1. The molecular formula is C5H5NO2. The van der Waals surface area contributed by atoms with Gasteiger partial charge >= 0.3 is 0 Å². The van der Waals surface area contributed by atoms with Crippen molar-refractivity contribution in [2.24, 2.45) is 4.99 Å². The highest BCUT2D eigenvalue weighted by atomic mass is 16.5. The Morgan fingerprint density at radius 3 is 3.25 bits per heavy atom. The summed E-state index contributed by atoms with van der Waals surface area (Å²) in [7, 11) is 0. The van der Waals surface area contributed by atoms with Crippen molar-refractivity contribution >= 4 is 12.7 Å². The molecule has 0 aromatic heterocycles. The van der Waals surface area contributed by atoms with Crippen molar-refractivity contribution in [2.75, 3.05) is 6.54 Å². The lowest BCUT2D eigenvalue weighted by atomic mass is 10.5. The molecule has 1 heterocycles. The summed E-state index contributed by atoms with van der Waals surface area (Å²) in [5, 5.41) is 0. The van der Waals surface area contributed by atoms with Gasteiger partial charge in [0.05, 0.1) is 12.8 Å². The van der Waals surface area contributed by atoms with Gasteiger partial charge in [-0.1, -0.05) is 0 Å². The molecule has 3 heteroatoms. The zero-order valence-electron chi connectivity index (χ0n) is 4.20. The van der Waals surface area contributed by atoms with Gasteiger partial charge in [0.2, 0.25) is 0 Å². The summed E-state index contributed by atoms with van der Waals surface area (Å²) < 4.78 is 4.43. The minimum atomic E-state index is 0.392. The van der Waals surface area contributed by atoms with Crippen LogP contribution in [0.4, 0.5) is 0 Å². The van der Waals surface area contributed by atoms with Crippen LogP contribution in [0.25, 0.3) is 0 Å². The SMILES string of the molecule is O=COC1=CCN=C1. The number of allylic oxidation sites excluding steroid dienone is 1. The molecule has 0 N–H and O–H groups in total. The van der Waals surface area contributed by atoms with Crippen LogP contribution in [0.2, 0.25) is 0 Å². The van der Waals surface area contributed by atoms with Crippen molar-refractivity contribution in [3.8, 4) is 0 Å². The molecule has 0 unspecified atom stereocenters. The Morgan fingerprint density at radius 1 is 1.88 bits per heavy atom. The monoisotopic (exact) mass is 111 g/mol. The Labute approximate surface area is 46.7 Å². The molecule has 8 heavy (non-hydrogen) atoms. The van der Waals surface area contributed by atoms with E-state index in [4.69, 9.17) is 0 Å². The van der Waals surface area contributed by atoms with Crippen LogP contribution in [0.1, 0.15) is 0 Å². The largest absolute Gasteiger partial charge is 0.427 e. The first-order valence-corrected chi connectivity index (χ1v) is 2.24. The summed E-state index contributed by atoms with van der Waals surface area (Å²) in [4.78, 5) is 13.4. The smallest absolute Gasteiger partial charge is 0.298 e. The Kier molecular flexibility index (Phi) is 1.42. The Hall–Kier alpha value is -1.12. The van der Waals surface area contributed by atoms with Crippen LogP contribution in [0, 0.1) is 0 Å². The molecule has 0 bridgehead atoms. The van der Waals surface area contributed by atoms with E-state index in [0.717, 1.165) is 0 Å². The third-order valence-corrected chi connectivity index (χ3v) is 0.801. The third-order valence-electron chi connectivity index (χ3n) is 0.801. The van der Waals surface area contributed by atoms with Crippen molar-refractivity contribution in [3.63, 3.8) is 0 Å². The first-order chi connectivity index (χ1) is 3.93. The maximum Gasteiger partial charge on any atom is 0.298 e. The van der Waals surface area contributed by atoms with Crippen molar-refractivity contribution in [2.45, 2.75) is 0 Å². The number of rotatable bonds is 2. The van der Waals surface area contributed by atoms with Crippen molar-refractivity contribution in [1.29, 1.82) is 0 Å². The predicted octanol–water partition coefficient (Wildman–Crippen LogP) is 0.128. The molecule has 0 spiro atoms. The molecule has 0 aliphatic carbocycles. The van der Waals surface area contributed by atoms with E-state index < -0.39 is 0 Å². The molecule has 0 aromatic rings. The second-order valence-corrected chi connectivity index (χ2v) is 1.31. The van der Waals surface area contributed by atoms with Gasteiger partial charge in [-0.25, -0.2) is 0 Å². The number of carbonyl (C=O) groups excluding carboxylic acids is 1. The molecule has 1 rings (SSSR count). The van der Waals surface area contributed by atoms with Gasteiger partial charge in [-0.15, -0.1) is 0 Å². The fourth-order valence-electron chi connectivity index (χ4n) is 0.472. The standard InChI is InChI=1S/C5H5NO2/c7-4-8-5-1-2-6-3-5/h1,3-4H,2H2. The van der Waals surface area contributed by atoms with Gasteiger partial charge in [0.1, 0.15) is 5.76 Å². The first kappa shape index (κ1) is 5.03. The Balaban J connectivity index is 2.45. The second-order valence-electron chi connectivity index (χ2n) is 1.31. The highest BCUT2D eigenvalue weighted by Crippen LogP contribution is 1.96. The van der Waals surface area contributed by atoms with Crippen LogP contribution >= 0.6 is 0 Å². The van der Waals surface area contributed by atoms with Crippen molar-refractivity contribution in [1.82, 2.24) is 0 Å². The molecular weight excluding hydrogens is 106 g/mol. The van der Waals surface area contributed by atoms with Crippen LogP contribution in [0.5, 0.6) is 0 Å². The van der Waals surface area contributed by atoms with Gasteiger partial charge < -0.3 is 4.74 Å². The third kappa shape index (κ3) is 0.932. The van der Waals surface area contributed by atoms with Crippen LogP contribution < -0.4 is 0 Å². The molecule has 0 saturated carbocycles. The van der Waals surface area contributed by atoms with Gasteiger partial charge in [-0.3, -0.25) is 9.79 Å². The Morgan fingerprint density at radius 2 is 2.75 bits per heavy atom. The number of hydrogen-bond acceptors (Lipinski definition) is 3. The second kappa shape index (κ2) is 2.26. The fraction of sp³-hybridized carbons (Fsp3) is 0.200. The summed E-state index contributed by atoms with van der Waals surface area (Å²) in [5.41, 5.74) is 0. The Bertz CT molecular complexity index is 149. The molecule has 0 radical (unpaired) electrons. The van der Waals surface area contributed by atoms with Crippen LogP contribution in [0.3, 0.4) is 0 Å². The quantitative estimate of drug-likeness (QED) is 0.475. The normalized spacial score (nSPS) is 15.8. The summed E-state index contributed by atoms with van der Waals surface area (Å²) in [6.45, 7) is 1.02. The zero-order chi connectivity index (χ0) is 5.82. The maximum absolute atomic E-state index is 9.64. The summed E-state index contributed by atoms with van der Waals surface area (Å²) >= 11 is 0. The van der Waals surface area contributed by atoms with Gasteiger partial charge in [0.25, 0.3) is 6.47 Å². The molecule has 0 aromatic carbocycles. The number of ether oxygens (including phenoxy) is 1. The highest BCUT2D eigenvalue weighted by molar-refractivity contribution is 5.79. The van der Waals surface area contributed by atoms with Gasteiger partial charge in [-0.05, 0) is 6.08 Å². The molecule has 1 aliphatic heterocycles. The average molecular weight is 111 g/mol. The van der Waals surface area contributed by atoms with E-state index in [-0.39, 0.29) is 0 Å². The average Bonchev–Trinajstić information content (AvgIpc) is 2.19. The van der Waals surface area contributed by atoms with E-state index in [9.17, 15) is 4.79 Å². The van der Waals surface area contributed by atoms with E-state index in [1.165, 1.54) is 6.21 Å². The lowest BCUT2D eigenvalue weighted by Crippen LogP contribution is -1.85. The number of carbonyl (C=O) groups is 1. The molecule has 0 atom stereocenters. The summed E-state index contributed by atoms with van der Waals surface area (Å²) in [6, 6.07) is 0. The van der Waals surface area contributed by atoms with Crippen molar-refractivity contribution < 1.29 is 9.53 Å². The van der Waals surface area contributed by atoms with Crippen LogP contribution in [-0.4, -0.2) is 19.2 Å². The van der Waals surface area contributed by atoms with E-state index in [1.54, 1.807) is 6.08 Å². The molecule has 3 nitrogen and oxygen atoms in total. The molecule has 1 aliphatic rings. The van der Waals surface area contributed by atoms with Gasteiger partial charge in [0, 0.05) is 0 Å². The predicted molar refractivity (Wildman–Crippen MR) is 28.6 cm³/mol. The van der Waals surface area contributed by atoms with E-state index in [0.29, 0.717) is 18.8 Å². The molecule has 42 valence electrons. The van der Waals surface area contributed by atoms with Crippen molar-refractivity contribution in [3.05, 3.63) is 11.8 Å². The van der Waals surface area contributed by atoms with Gasteiger partial charge in [-0.2, -0.15) is 0 Å². The van der Waals surface area contributed by atoms with E-state index >= 15 is 0 Å². The summed E-state index contributed by atoms with van der Waals surface area (Å²) in [6.07, 6.45) is 3.25. The number of hydrogen-bond donors (Lipinski definition) is 0. The van der Waals surface area contributed by atoms with Crippen LogP contribution in [0.15, 0.2) is 16.8 Å². The molecule has 0 fully saturated rings. The fourth-order valence-corrected chi connectivity index (χ4v) is 0.472. The minimum absolute atomic E-state index is 0.392. The van der Waals surface area contributed by atoms with Crippen LogP contribution in [-0.2, 0) is 9.53 Å². The molecule has 0 amide bonds. The maximum atomic E-state index is 9.64. The van der Waals surface area contributed by atoms with E-state index in [1.807, 2.05) is 0 Å². The molecule has 0 saturated heterocycles. The first-order valence-electron chi connectivity index (χ1n) is 2.24.